The van der Waals surface area contributed by atoms with Gasteiger partial charge >= 0.3 is 0 Å². The molecule has 0 saturated carbocycles. The molecule has 0 N–H and O–H groups in total. The molecule has 0 aliphatic heterocycles. The summed E-state index contributed by atoms with van der Waals surface area (Å²) in [6, 6.07) is 13.8. The summed E-state index contributed by atoms with van der Waals surface area (Å²) in [5.41, 5.74) is 4.48. The average Bonchev–Trinajstić information content (AvgIpc) is 3.10. The van der Waals surface area contributed by atoms with Gasteiger partial charge in [0.1, 0.15) is 0 Å². The summed E-state index contributed by atoms with van der Waals surface area (Å²) in [5, 5.41) is 5.47. The molecular weight excluding hydrogens is 322 g/mol. The van der Waals surface area contributed by atoms with Gasteiger partial charge in [-0.1, -0.05) is 24.8 Å². The number of aliphatic imine (C=N–C) groups is 1. The van der Waals surface area contributed by atoms with Crippen molar-refractivity contribution in [1.82, 2.24) is 19.6 Å². The summed E-state index contributed by atoms with van der Waals surface area (Å²) < 4.78 is 1.76. The van der Waals surface area contributed by atoms with Crippen LogP contribution >= 0.6 is 0 Å². The zero-order valence-corrected chi connectivity index (χ0v) is 14.4. The Balaban J connectivity index is 1.70. The lowest BCUT2D eigenvalue weighted by Crippen LogP contribution is -1.89. The van der Waals surface area contributed by atoms with Crippen molar-refractivity contribution in [2.75, 3.05) is 0 Å². The van der Waals surface area contributed by atoms with Crippen LogP contribution in [0.2, 0.25) is 0 Å². The highest BCUT2D eigenvalue weighted by Crippen LogP contribution is 2.18. The highest BCUT2D eigenvalue weighted by molar-refractivity contribution is 6.07. The first-order valence-corrected chi connectivity index (χ1v) is 8.29. The molecule has 0 unspecified atom stereocenters. The zero-order chi connectivity index (χ0) is 17.9. The Labute approximate surface area is 151 Å². The van der Waals surface area contributed by atoms with Crippen LogP contribution in [0.1, 0.15) is 11.4 Å². The zero-order valence-electron chi connectivity index (χ0n) is 14.4. The lowest BCUT2D eigenvalue weighted by atomic mass is 10.2. The van der Waals surface area contributed by atoms with Crippen molar-refractivity contribution in [1.29, 1.82) is 0 Å². The molecule has 0 aliphatic carbocycles. The molecule has 5 nitrogen and oxygen atoms in total. The van der Waals surface area contributed by atoms with Gasteiger partial charge in [0.15, 0.2) is 11.5 Å². The molecule has 0 amide bonds. The largest absolute Gasteiger partial charge is 0.256 e. The monoisotopic (exact) mass is 339 g/mol. The molecule has 3 aromatic heterocycles. The molecule has 0 aliphatic rings. The molecule has 26 heavy (non-hydrogen) atoms. The molecule has 0 fully saturated rings. The standard InChI is InChI=1S/C21H17N5/c1-3-16(23-18-9-5-4-7-15(18)2)10-11-20-24-21-17-8-6-13-22-19(17)12-14-26(21)25-20/h3-14H,1H2,2H3/b11-10+,23-16?. The minimum absolute atomic E-state index is 0.612. The smallest absolute Gasteiger partial charge is 0.175 e. The highest BCUT2D eigenvalue weighted by atomic mass is 15.3. The first-order valence-electron chi connectivity index (χ1n) is 8.29. The van der Waals surface area contributed by atoms with Gasteiger partial charge in [0.25, 0.3) is 0 Å². The third kappa shape index (κ3) is 3.02. The second kappa shape index (κ2) is 6.72. The lowest BCUT2D eigenvalue weighted by Gasteiger charge is -1.99. The molecule has 0 radical (unpaired) electrons. The van der Waals surface area contributed by atoms with E-state index >= 15 is 0 Å². The third-order valence-electron chi connectivity index (χ3n) is 4.08. The summed E-state index contributed by atoms with van der Waals surface area (Å²) in [6.45, 7) is 5.88. The molecule has 4 rings (SSSR count). The van der Waals surface area contributed by atoms with E-state index in [1.807, 2.05) is 67.7 Å². The fraction of sp³-hybridized carbons (Fsp3) is 0.0476. The van der Waals surface area contributed by atoms with Crippen molar-refractivity contribution in [3.8, 4) is 0 Å². The maximum Gasteiger partial charge on any atom is 0.175 e. The summed E-state index contributed by atoms with van der Waals surface area (Å²) in [5.74, 6) is 0.612. The number of aromatic nitrogens is 4. The van der Waals surface area contributed by atoms with Gasteiger partial charge in [0, 0.05) is 17.8 Å². The Morgan fingerprint density at radius 3 is 2.88 bits per heavy atom. The molecule has 1 aromatic carbocycles. The number of aryl methyl sites for hydroxylation is 1. The van der Waals surface area contributed by atoms with E-state index in [9.17, 15) is 0 Å². The van der Waals surface area contributed by atoms with Crippen LogP contribution in [0.3, 0.4) is 0 Å². The maximum atomic E-state index is 4.63. The van der Waals surface area contributed by atoms with Crippen molar-refractivity contribution in [2.45, 2.75) is 6.92 Å². The molecule has 0 atom stereocenters. The molecule has 4 aromatic rings. The Bertz CT molecular complexity index is 1170. The molecule has 0 spiro atoms. The van der Waals surface area contributed by atoms with E-state index in [0.29, 0.717) is 5.82 Å². The normalized spacial score (nSPS) is 12.3. The van der Waals surface area contributed by atoms with Gasteiger partial charge in [-0.05, 0) is 55.0 Å². The van der Waals surface area contributed by atoms with E-state index in [0.717, 1.165) is 33.5 Å². The van der Waals surface area contributed by atoms with E-state index in [-0.39, 0.29) is 0 Å². The molecule has 0 bridgehead atoms. The first-order chi connectivity index (χ1) is 12.7. The van der Waals surface area contributed by atoms with Gasteiger partial charge in [-0.2, -0.15) is 0 Å². The van der Waals surface area contributed by atoms with Crippen LogP contribution in [0.4, 0.5) is 5.69 Å². The minimum Gasteiger partial charge on any atom is -0.256 e. The van der Waals surface area contributed by atoms with Gasteiger partial charge in [0.2, 0.25) is 0 Å². The quantitative estimate of drug-likeness (QED) is 0.512. The predicted molar refractivity (Wildman–Crippen MR) is 106 cm³/mol. The van der Waals surface area contributed by atoms with E-state index < -0.39 is 0 Å². The third-order valence-corrected chi connectivity index (χ3v) is 4.08. The Morgan fingerprint density at radius 2 is 2.04 bits per heavy atom. The van der Waals surface area contributed by atoms with E-state index in [4.69, 9.17) is 0 Å². The number of rotatable bonds is 4. The van der Waals surface area contributed by atoms with Gasteiger partial charge < -0.3 is 0 Å². The summed E-state index contributed by atoms with van der Waals surface area (Å²) in [4.78, 5) is 13.6. The fourth-order valence-electron chi connectivity index (χ4n) is 2.72. The van der Waals surface area contributed by atoms with Crippen LogP contribution in [0.25, 0.3) is 22.6 Å². The lowest BCUT2D eigenvalue weighted by molar-refractivity contribution is 0.957. The highest BCUT2D eigenvalue weighted by Gasteiger charge is 2.06. The van der Waals surface area contributed by atoms with Crippen LogP contribution in [-0.2, 0) is 0 Å². The van der Waals surface area contributed by atoms with Crippen molar-refractivity contribution >= 4 is 34.0 Å². The number of benzene rings is 1. The topological polar surface area (TPSA) is 55.4 Å². The van der Waals surface area contributed by atoms with Crippen molar-refractivity contribution in [3.63, 3.8) is 0 Å². The Kier molecular flexibility index (Phi) is 4.11. The summed E-state index contributed by atoms with van der Waals surface area (Å²) in [6.07, 6.45) is 9.07. The minimum atomic E-state index is 0.612. The maximum absolute atomic E-state index is 4.63. The van der Waals surface area contributed by atoms with Gasteiger partial charge in [-0.15, -0.1) is 5.10 Å². The number of pyridine rings is 2. The first kappa shape index (κ1) is 15.9. The van der Waals surface area contributed by atoms with Gasteiger partial charge in [0.05, 0.1) is 16.9 Å². The Morgan fingerprint density at radius 1 is 1.15 bits per heavy atom. The van der Waals surface area contributed by atoms with Crippen molar-refractivity contribution < 1.29 is 0 Å². The molecule has 5 heteroatoms. The van der Waals surface area contributed by atoms with Crippen molar-refractivity contribution in [2.24, 2.45) is 4.99 Å². The Hall–Kier alpha value is -3.60. The molecular formula is C21H17N5. The van der Waals surface area contributed by atoms with Gasteiger partial charge in [-0.25, -0.2) is 14.5 Å². The fourth-order valence-corrected chi connectivity index (χ4v) is 2.72. The molecule has 3 heterocycles. The van der Waals surface area contributed by atoms with Gasteiger partial charge in [-0.3, -0.25) is 4.98 Å². The van der Waals surface area contributed by atoms with Crippen LogP contribution in [-0.4, -0.2) is 25.3 Å². The number of fused-ring (bicyclic) bond motifs is 3. The average molecular weight is 339 g/mol. The van der Waals surface area contributed by atoms with E-state index in [1.165, 1.54) is 0 Å². The number of allylic oxidation sites excluding steroid dienone is 2. The number of nitrogens with zero attached hydrogens (tertiary/aromatic N) is 5. The number of para-hydroxylation sites is 1. The summed E-state index contributed by atoms with van der Waals surface area (Å²) >= 11 is 0. The second-order valence-electron chi connectivity index (χ2n) is 5.85. The number of hydrogen-bond donors (Lipinski definition) is 0. The van der Waals surface area contributed by atoms with Crippen LogP contribution in [0, 0.1) is 6.92 Å². The SMILES string of the molecule is C=CC(/C=C/c1nc2c3cccnc3ccn2n1)=Nc1ccccc1C. The molecule has 0 saturated heterocycles. The summed E-state index contributed by atoms with van der Waals surface area (Å²) in [7, 11) is 0. The van der Waals surface area contributed by atoms with E-state index in [1.54, 1.807) is 16.8 Å². The van der Waals surface area contributed by atoms with E-state index in [2.05, 4.69) is 26.6 Å². The van der Waals surface area contributed by atoms with Crippen LogP contribution in [0.15, 0.2) is 78.6 Å². The number of hydrogen-bond acceptors (Lipinski definition) is 4. The van der Waals surface area contributed by atoms with Crippen molar-refractivity contribution in [3.05, 3.63) is 85.0 Å². The van der Waals surface area contributed by atoms with Crippen LogP contribution in [0.5, 0.6) is 0 Å². The van der Waals surface area contributed by atoms with Crippen LogP contribution < -0.4 is 0 Å². The predicted octanol–water partition coefficient (Wildman–Crippen LogP) is 4.56. The second-order valence-corrected chi connectivity index (χ2v) is 5.85. The molecule has 126 valence electrons.